The third-order valence-corrected chi connectivity index (χ3v) is 9.69. The van der Waals surface area contributed by atoms with Crippen molar-refractivity contribution in [2.45, 2.75) is 90.1 Å². The Morgan fingerprint density at radius 2 is 1.43 bits per heavy atom. The van der Waals surface area contributed by atoms with Crippen LogP contribution >= 0.6 is 0 Å². The van der Waals surface area contributed by atoms with Crippen LogP contribution < -0.4 is 0 Å². The summed E-state index contributed by atoms with van der Waals surface area (Å²) in [5.41, 5.74) is 17.1. The summed E-state index contributed by atoms with van der Waals surface area (Å²) in [4.78, 5) is 18.0. The number of hydrogen-bond acceptors (Lipinski definition) is 2. The fourth-order valence-electron chi connectivity index (χ4n) is 6.21. The Labute approximate surface area is 236 Å². The van der Waals surface area contributed by atoms with Crippen LogP contribution in [0.4, 0.5) is 0 Å². The fraction of sp³-hybridized carbons (Fsp3) is 0.438. The monoisotopic (exact) mass is 688 g/mol. The molecule has 0 amide bonds. The molecule has 2 aliphatic rings. The van der Waals surface area contributed by atoms with E-state index in [-0.39, 0.29) is 0 Å². The molecule has 0 saturated carbocycles. The van der Waals surface area contributed by atoms with Crippen molar-refractivity contribution in [1.29, 1.82) is 0 Å². The number of allylic oxidation sites excluding steroid dienone is 1. The van der Waals surface area contributed by atoms with Crippen molar-refractivity contribution in [3.63, 3.8) is 0 Å². The van der Waals surface area contributed by atoms with E-state index >= 15 is 0 Å². The third kappa shape index (κ3) is 4.63. The van der Waals surface area contributed by atoms with Crippen LogP contribution in [0.1, 0.15) is 103 Å². The minimum absolute atomic E-state index is 0.393. The molecular formula is C32H39N4Po. The second kappa shape index (κ2) is 10.5. The minimum atomic E-state index is 0.393. The van der Waals surface area contributed by atoms with Crippen molar-refractivity contribution in [2.24, 2.45) is 0 Å². The molecule has 5 rings (SSSR count). The molecule has 37 heavy (non-hydrogen) atoms. The molecule has 0 fully saturated rings. The number of rotatable bonds is 5. The average Bonchev–Trinajstić information content (AvgIpc) is 3.57. The van der Waals surface area contributed by atoms with Crippen LogP contribution in [0.5, 0.6) is 0 Å². The number of aromatic amines is 2. The Balaban J connectivity index is 1.93. The first-order valence-electron chi connectivity index (χ1n) is 13.8. The third-order valence-electron chi connectivity index (χ3n) is 8.57. The molecule has 4 nitrogen and oxygen atoms in total. The molecule has 0 aromatic carbocycles. The van der Waals surface area contributed by atoms with Gasteiger partial charge in [-0.3, -0.25) is 0 Å². The van der Waals surface area contributed by atoms with Crippen LogP contribution in [0.3, 0.4) is 0 Å². The zero-order chi connectivity index (χ0) is 26.4. The van der Waals surface area contributed by atoms with Gasteiger partial charge in [-0.25, -0.2) is 0 Å². The van der Waals surface area contributed by atoms with E-state index in [1.54, 1.807) is 25.1 Å². The predicted molar refractivity (Wildman–Crippen MR) is 158 cm³/mol. The standard InChI is InChI=1S/C32H39N4.Po/c1-9-12-24-20(7)29-15-27-18(5)23(11-3)31(34-27)16-28-19(6)22(10-2)30(35-28)14-25-17(4)13-26(33-25)21(8)32(24)36-29;/h13-16,20,24,34-35H,1,9-12H2,2-8H3;/t20-,24-;/m0./s1. The first-order valence-corrected chi connectivity index (χ1v) is 16.0. The molecule has 5 heterocycles. The van der Waals surface area contributed by atoms with Gasteiger partial charge in [0.25, 0.3) is 0 Å². The Hall–Kier alpha value is -2.24. The molecular weight excluding hydrogens is 649 g/mol. The quantitative estimate of drug-likeness (QED) is 0.284. The van der Waals surface area contributed by atoms with Crippen LogP contribution in [-0.4, -0.2) is 45.0 Å². The zero-order valence-electron chi connectivity index (χ0n) is 23.3. The molecule has 0 aliphatic carbocycles. The van der Waals surface area contributed by atoms with Gasteiger partial charge < -0.3 is 0 Å². The van der Waals surface area contributed by atoms with Gasteiger partial charge in [0.2, 0.25) is 0 Å². The van der Waals surface area contributed by atoms with E-state index in [1.165, 1.54) is 83.8 Å². The van der Waals surface area contributed by atoms with E-state index < -0.39 is 0 Å². The van der Waals surface area contributed by atoms with E-state index in [1.807, 2.05) is 0 Å². The molecule has 2 atom stereocenters. The topological polar surface area (TPSA) is 57.4 Å². The first kappa shape index (κ1) is 26.4. The van der Waals surface area contributed by atoms with Gasteiger partial charge in [0.1, 0.15) is 0 Å². The van der Waals surface area contributed by atoms with Crippen molar-refractivity contribution >= 4 is 58.8 Å². The van der Waals surface area contributed by atoms with E-state index in [4.69, 9.17) is 9.97 Å². The van der Waals surface area contributed by atoms with E-state index in [2.05, 4.69) is 82.7 Å². The van der Waals surface area contributed by atoms with Crippen molar-refractivity contribution < 1.29 is 0 Å². The molecule has 0 saturated heterocycles. The summed E-state index contributed by atoms with van der Waals surface area (Å²) in [5.74, 6) is 0.835. The average molecular weight is 689 g/mol. The second-order valence-corrected chi connectivity index (χ2v) is 12.3. The van der Waals surface area contributed by atoms with Crippen LogP contribution in [0, 0.1) is 20.8 Å². The molecule has 5 heteroatoms. The number of aryl methyl sites for hydroxylation is 4. The van der Waals surface area contributed by atoms with E-state index in [9.17, 15) is 0 Å². The molecule has 0 unspecified atom stereocenters. The first-order chi connectivity index (χ1) is 17.8. The van der Waals surface area contributed by atoms with Gasteiger partial charge in [0, 0.05) is 0 Å². The second-order valence-electron chi connectivity index (χ2n) is 10.7. The molecule has 8 bridgehead atoms. The molecule has 193 valence electrons. The van der Waals surface area contributed by atoms with Gasteiger partial charge in [-0.15, -0.1) is 0 Å². The SMILES string of the molecule is CCc1c(C)c2cc3[nH]c(cc4nc(c(C)c5nc(cc1[nH]2)C(C)=C5)[C@@H](CC[CH2][Po])[C@@H]4C)c(C)c3CC. The van der Waals surface area contributed by atoms with Crippen LogP contribution in [-0.2, 0) is 12.8 Å². The summed E-state index contributed by atoms with van der Waals surface area (Å²) in [5, 5.41) is 0. The van der Waals surface area contributed by atoms with Crippen molar-refractivity contribution in [2.75, 3.05) is 0 Å². The number of fused-ring (bicyclic) bond motifs is 8. The summed E-state index contributed by atoms with van der Waals surface area (Å²) in [6.45, 7) is 15.7. The van der Waals surface area contributed by atoms with Gasteiger partial charge in [-0.05, 0) is 18.9 Å². The van der Waals surface area contributed by atoms with Crippen molar-refractivity contribution in [1.82, 2.24) is 19.9 Å². The van der Waals surface area contributed by atoms with Crippen molar-refractivity contribution in [3.05, 3.63) is 68.8 Å². The zero-order valence-corrected chi connectivity index (χ0v) is 26.5. The summed E-state index contributed by atoms with van der Waals surface area (Å²) >= 11 is 1.67. The number of nitrogens with one attached hydrogen (secondary N) is 2. The molecule has 3 aromatic rings. The Morgan fingerprint density at radius 3 is 2.05 bits per heavy atom. The van der Waals surface area contributed by atoms with Gasteiger partial charge in [0.05, 0.1) is 0 Å². The maximum absolute atomic E-state index is 5.32. The summed E-state index contributed by atoms with van der Waals surface area (Å²) in [6.07, 6.45) is 6.67. The van der Waals surface area contributed by atoms with Gasteiger partial charge in [0.15, 0.2) is 0 Å². The maximum atomic E-state index is 5.32. The Kier molecular flexibility index (Phi) is 7.48. The normalized spacial score (nSPS) is 17.4. The van der Waals surface area contributed by atoms with E-state index in [0.29, 0.717) is 11.8 Å². The van der Waals surface area contributed by atoms with Gasteiger partial charge in [-0.2, -0.15) is 0 Å². The van der Waals surface area contributed by atoms with Gasteiger partial charge >= 0.3 is 212 Å². The Bertz CT molecular complexity index is 1550. The van der Waals surface area contributed by atoms with Gasteiger partial charge in [-0.1, -0.05) is 6.92 Å². The van der Waals surface area contributed by atoms with Crippen LogP contribution in [0.15, 0.2) is 18.2 Å². The van der Waals surface area contributed by atoms with Crippen molar-refractivity contribution in [3.8, 4) is 0 Å². The number of aromatic nitrogens is 4. The predicted octanol–water partition coefficient (Wildman–Crippen LogP) is 8.18. The number of H-pyrrole nitrogens is 2. The summed E-state index contributed by atoms with van der Waals surface area (Å²) in [6, 6.07) is 6.87. The molecule has 2 aliphatic heterocycles. The molecule has 2 N–H and O–H groups in total. The van der Waals surface area contributed by atoms with Crippen LogP contribution in [0.25, 0.3) is 33.7 Å². The number of nitrogens with zero attached hydrogens (tertiary/aromatic N) is 2. The number of hydrogen-bond donors (Lipinski definition) is 2. The van der Waals surface area contributed by atoms with Crippen LogP contribution in [0.2, 0.25) is 4.08 Å². The molecule has 1 radical (unpaired) electrons. The molecule has 3 aromatic heterocycles. The Morgan fingerprint density at radius 1 is 0.811 bits per heavy atom. The fourth-order valence-corrected chi connectivity index (χ4v) is 6.86. The summed E-state index contributed by atoms with van der Waals surface area (Å²) < 4.78 is 1.29. The van der Waals surface area contributed by atoms with E-state index in [0.717, 1.165) is 24.2 Å². The summed E-state index contributed by atoms with van der Waals surface area (Å²) in [7, 11) is 0. The molecule has 0 spiro atoms.